The maximum Gasteiger partial charge on any atom is 0.287 e. The molecule has 1 aliphatic rings. The zero-order valence-corrected chi connectivity index (χ0v) is 13.1. The fraction of sp³-hybridized carbons (Fsp3) is 0.688. The topological polar surface area (TPSA) is 54.7 Å². The number of rotatable bonds is 7. The van der Waals surface area contributed by atoms with Gasteiger partial charge in [0.2, 0.25) is 0 Å². The van der Waals surface area contributed by atoms with Gasteiger partial charge in [-0.15, -0.1) is 0 Å². The lowest BCUT2D eigenvalue weighted by Crippen LogP contribution is -2.29. The normalized spacial score (nSPS) is 16.3. The number of likely N-dealkylation sites (tertiary alicyclic amines) is 1. The molecule has 5 heteroatoms. The molecule has 0 atom stereocenters. The Bertz CT molecular complexity index is 436. The first-order valence-corrected chi connectivity index (χ1v) is 7.86. The van der Waals surface area contributed by atoms with Crippen molar-refractivity contribution in [2.75, 3.05) is 26.2 Å². The molecule has 21 heavy (non-hydrogen) atoms. The Morgan fingerprint density at radius 2 is 2.10 bits per heavy atom. The smallest absolute Gasteiger partial charge is 0.287 e. The molecule has 0 saturated carbocycles. The van der Waals surface area contributed by atoms with Gasteiger partial charge in [0, 0.05) is 6.54 Å². The van der Waals surface area contributed by atoms with Crippen molar-refractivity contribution in [1.82, 2.24) is 10.2 Å². The highest BCUT2D eigenvalue weighted by atomic mass is 16.5. The second-order valence-corrected chi connectivity index (χ2v) is 5.78. The number of ether oxygens (including phenoxy) is 1. The van der Waals surface area contributed by atoms with Gasteiger partial charge in [-0.05, 0) is 51.9 Å². The lowest BCUT2D eigenvalue weighted by Gasteiger charge is -2.25. The average Bonchev–Trinajstić information content (AvgIpc) is 2.93. The number of piperidine rings is 1. The quantitative estimate of drug-likeness (QED) is 0.785. The average molecular weight is 294 g/mol. The standard InChI is InChI=1S/C16H26N2O3/c1-13(2)20-11-8-17-16(19)15-7-6-14(21-15)12-18-9-4-3-5-10-18/h6-7,13H,3-5,8-12H2,1-2H3,(H,17,19). The number of hydrogen-bond donors (Lipinski definition) is 1. The highest BCUT2D eigenvalue weighted by Gasteiger charge is 2.15. The SMILES string of the molecule is CC(C)OCCNC(=O)c1ccc(CN2CCCCC2)o1. The minimum Gasteiger partial charge on any atom is -0.455 e. The van der Waals surface area contributed by atoms with Crippen LogP contribution in [-0.2, 0) is 11.3 Å². The first kappa shape index (κ1) is 16.0. The van der Waals surface area contributed by atoms with Crippen LogP contribution in [0.1, 0.15) is 49.4 Å². The summed E-state index contributed by atoms with van der Waals surface area (Å²) in [7, 11) is 0. The molecule has 0 unspecified atom stereocenters. The van der Waals surface area contributed by atoms with Crippen molar-refractivity contribution < 1.29 is 13.9 Å². The van der Waals surface area contributed by atoms with Crippen molar-refractivity contribution in [2.24, 2.45) is 0 Å². The third-order valence-electron chi connectivity index (χ3n) is 3.55. The maximum absolute atomic E-state index is 11.9. The van der Waals surface area contributed by atoms with E-state index in [9.17, 15) is 4.79 Å². The minimum absolute atomic E-state index is 0.174. The van der Waals surface area contributed by atoms with Crippen LogP contribution >= 0.6 is 0 Å². The molecule has 0 bridgehead atoms. The van der Waals surface area contributed by atoms with Gasteiger partial charge in [0.1, 0.15) is 5.76 Å². The van der Waals surface area contributed by atoms with Gasteiger partial charge >= 0.3 is 0 Å². The monoisotopic (exact) mass is 294 g/mol. The Morgan fingerprint density at radius 1 is 1.33 bits per heavy atom. The van der Waals surface area contributed by atoms with Gasteiger partial charge in [0.05, 0.1) is 19.3 Å². The van der Waals surface area contributed by atoms with E-state index in [-0.39, 0.29) is 12.0 Å². The van der Waals surface area contributed by atoms with Crippen molar-refractivity contribution >= 4 is 5.91 Å². The van der Waals surface area contributed by atoms with Gasteiger partial charge in [-0.2, -0.15) is 0 Å². The molecule has 5 nitrogen and oxygen atoms in total. The van der Waals surface area contributed by atoms with E-state index in [0.29, 0.717) is 18.9 Å². The Kier molecular flexibility index (Phi) is 6.26. The van der Waals surface area contributed by atoms with Gasteiger partial charge in [-0.1, -0.05) is 6.42 Å². The van der Waals surface area contributed by atoms with Gasteiger partial charge in [0.15, 0.2) is 5.76 Å². The molecule has 1 aromatic rings. The van der Waals surface area contributed by atoms with Crippen LogP contribution in [0.5, 0.6) is 0 Å². The summed E-state index contributed by atoms with van der Waals surface area (Å²) in [5.74, 6) is 1.07. The molecule has 0 aliphatic carbocycles. The summed E-state index contributed by atoms with van der Waals surface area (Å²) in [6.07, 6.45) is 4.01. The van der Waals surface area contributed by atoms with Crippen LogP contribution < -0.4 is 5.32 Å². The van der Waals surface area contributed by atoms with Crippen LogP contribution in [0, 0.1) is 0 Å². The summed E-state index contributed by atoms with van der Waals surface area (Å²) in [5.41, 5.74) is 0. The largest absolute Gasteiger partial charge is 0.455 e. The summed E-state index contributed by atoms with van der Waals surface area (Å²) in [4.78, 5) is 14.3. The molecule has 0 spiro atoms. The summed E-state index contributed by atoms with van der Waals surface area (Å²) >= 11 is 0. The number of nitrogens with one attached hydrogen (secondary N) is 1. The molecular formula is C16H26N2O3. The van der Waals surface area contributed by atoms with E-state index in [1.807, 2.05) is 19.9 Å². The van der Waals surface area contributed by atoms with Crippen molar-refractivity contribution in [3.63, 3.8) is 0 Å². The van der Waals surface area contributed by atoms with Crippen LogP contribution in [0.15, 0.2) is 16.5 Å². The predicted molar refractivity (Wildman–Crippen MR) is 81.3 cm³/mol. The Morgan fingerprint density at radius 3 is 2.81 bits per heavy atom. The zero-order valence-electron chi connectivity index (χ0n) is 13.1. The van der Waals surface area contributed by atoms with E-state index in [2.05, 4.69) is 10.2 Å². The third kappa shape index (κ3) is 5.52. The predicted octanol–water partition coefficient (Wildman–Crippen LogP) is 2.42. The van der Waals surface area contributed by atoms with Gasteiger partial charge in [-0.25, -0.2) is 0 Å². The molecule has 0 radical (unpaired) electrons. The molecule has 1 fully saturated rings. The lowest BCUT2D eigenvalue weighted by molar-refractivity contribution is 0.0735. The highest BCUT2D eigenvalue weighted by molar-refractivity contribution is 5.91. The summed E-state index contributed by atoms with van der Waals surface area (Å²) in [6, 6.07) is 3.64. The molecule has 2 rings (SSSR count). The third-order valence-corrected chi connectivity index (χ3v) is 3.55. The van der Waals surface area contributed by atoms with Crippen LogP contribution in [0.3, 0.4) is 0 Å². The first-order chi connectivity index (χ1) is 10.1. The molecular weight excluding hydrogens is 268 g/mol. The van der Waals surface area contributed by atoms with Crippen molar-refractivity contribution in [2.45, 2.75) is 45.8 Å². The van der Waals surface area contributed by atoms with Crippen LogP contribution in [-0.4, -0.2) is 43.2 Å². The molecule has 1 saturated heterocycles. The zero-order chi connectivity index (χ0) is 15.1. The second kappa shape index (κ2) is 8.20. The summed E-state index contributed by atoms with van der Waals surface area (Å²) in [6.45, 7) is 8.00. The number of carbonyl (C=O) groups excluding carboxylic acids is 1. The Hall–Kier alpha value is -1.33. The fourth-order valence-electron chi connectivity index (χ4n) is 2.47. The van der Waals surface area contributed by atoms with E-state index < -0.39 is 0 Å². The number of furan rings is 1. The number of nitrogens with zero attached hydrogens (tertiary/aromatic N) is 1. The van der Waals surface area contributed by atoms with Crippen molar-refractivity contribution in [3.05, 3.63) is 23.7 Å². The highest BCUT2D eigenvalue weighted by Crippen LogP contribution is 2.15. The van der Waals surface area contributed by atoms with E-state index in [1.165, 1.54) is 19.3 Å². The lowest BCUT2D eigenvalue weighted by atomic mass is 10.1. The Labute approximate surface area is 126 Å². The van der Waals surface area contributed by atoms with Crippen LogP contribution in [0.2, 0.25) is 0 Å². The van der Waals surface area contributed by atoms with Gasteiger partial charge in [-0.3, -0.25) is 9.69 Å². The van der Waals surface area contributed by atoms with E-state index in [0.717, 1.165) is 25.4 Å². The Balaban J connectivity index is 1.74. The molecule has 2 heterocycles. The van der Waals surface area contributed by atoms with Crippen LogP contribution in [0.4, 0.5) is 0 Å². The molecule has 118 valence electrons. The van der Waals surface area contributed by atoms with Crippen molar-refractivity contribution in [1.29, 1.82) is 0 Å². The van der Waals surface area contributed by atoms with Crippen LogP contribution in [0.25, 0.3) is 0 Å². The molecule has 1 amide bonds. The molecule has 1 aromatic heterocycles. The van der Waals surface area contributed by atoms with E-state index in [1.54, 1.807) is 6.07 Å². The second-order valence-electron chi connectivity index (χ2n) is 5.78. The summed E-state index contributed by atoms with van der Waals surface area (Å²) < 4.78 is 11.0. The molecule has 1 N–H and O–H groups in total. The van der Waals surface area contributed by atoms with E-state index in [4.69, 9.17) is 9.15 Å². The van der Waals surface area contributed by atoms with Gasteiger partial charge < -0.3 is 14.5 Å². The number of amides is 1. The fourth-order valence-corrected chi connectivity index (χ4v) is 2.47. The number of carbonyl (C=O) groups is 1. The number of hydrogen-bond acceptors (Lipinski definition) is 4. The van der Waals surface area contributed by atoms with Crippen molar-refractivity contribution in [3.8, 4) is 0 Å². The van der Waals surface area contributed by atoms with E-state index >= 15 is 0 Å². The maximum atomic E-state index is 11.9. The van der Waals surface area contributed by atoms with Gasteiger partial charge in [0.25, 0.3) is 5.91 Å². The summed E-state index contributed by atoms with van der Waals surface area (Å²) in [5, 5.41) is 2.80. The molecule has 1 aliphatic heterocycles. The molecule has 0 aromatic carbocycles. The minimum atomic E-state index is -0.174. The first-order valence-electron chi connectivity index (χ1n) is 7.86.